The maximum absolute atomic E-state index is 5.44. The molecule has 0 aliphatic carbocycles. The molecule has 8 heavy (non-hydrogen) atoms. The van der Waals surface area contributed by atoms with Gasteiger partial charge in [0.2, 0.25) is 0 Å². The Kier molecular flexibility index (Phi) is 0.772. The number of ether oxygens (including phenoxy) is 2. The van der Waals surface area contributed by atoms with Crippen molar-refractivity contribution in [3.05, 3.63) is 0 Å². The van der Waals surface area contributed by atoms with E-state index in [4.69, 9.17) is 9.47 Å². The van der Waals surface area contributed by atoms with E-state index >= 15 is 0 Å². The van der Waals surface area contributed by atoms with Gasteiger partial charge in [-0.1, -0.05) is 0 Å². The second-order valence-corrected chi connectivity index (χ2v) is 2.67. The number of epoxide rings is 1. The molecule has 2 atom stereocenters. The SMILES string of the molecule is B[C@H]1CC[C@]2(CO2)O1. The molecule has 0 amide bonds. The van der Waals surface area contributed by atoms with Crippen LogP contribution in [0.15, 0.2) is 0 Å². The third kappa shape index (κ3) is 0.582. The van der Waals surface area contributed by atoms with Gasteiger partial charge < -0.3 is 9.47 Å². The Labute approximate surface area is 49.6 Å². The molecule has 0 saturated carbocycles. The molecule has 2 rings (SSSR count). The van der Waals surface area contributed by atoms with Crippen LogP contribution in [0.1, 0.15) is 12.8 Å². The van der Waals surface area contributed by atoms with Crippen LogP contribution in [0.2, 0.25) is 0 Å². The van der Waals surface area contributed by atoms with Gasteiger partial charge in [0.15, 0.2) is 5.79 Å². The first-order chi connectivity index (χ1) is 3.81. The van der Waals surface area contributed by atoms with Gasteiger partial charge in [-0.2, -0.15) is 0 Å². The average Bonchev–Trinajstić information content (AvgIpc) is 2.34. The first-order valence-electron chi connectivity index (χ1n) is 3.13. The van der Waals surface area contributed by atoms with E-state index in [1.54, 1.807) is 0 Å². The lowest BCUT2D eigenvalue weighted by Crippen LogP contribution is -2.12. The number of hydrogen-bond donors (Lipinski definition) is 0. The highest BCUT2D eigenvalue weighted by molar-refractivity contribution is 6.11. The van der Waals surface area contributed by atoms with E-state index in [9.17, 15) is 0 Å². The van der Waals surface area contributed by atoms with Gasteiger partial charge in [0.05, 0.1) is 0 Å². The summed E-state index contributed by atoms with van der Waals surface area (Å²) < 4.78 is 10.5. The minimum atomic E-state index is -0.0839. The molecular weight excluding hydrogens is 103 g/mol. The van der Waals surface area contributed by atoms with Crippen LogP contribution in [0, 0.1) is 0 Å². The highest BCUT2D eigenvalue weighted by atomic mass is 16.8. The van der Waals surface area contributed by atoms with Gasteiger partial charge >= 0.3 is 0 Å². The highest BCUT2D eigenvalue weighted by Gasteiger charge is 2.50. The van der Waals surface area contributed by atoms with Crippen molar-refractivity contribution in [2.75, 3.05) is 6.61 Å². The number of rotatable bonds is 0. The van der Waals surface area contributed by atoms with Crippen molar-refractivity contribution >= 4 is 7.85 Å². The minimum Gasteiger partial charge on any atom is -0.354 e. The van der Waals surface area contributed by atoms with E-state index in [1.165, 1.54) is 6.42 Å². The molecule has 44 valence electrons. The quantitative estimate of drug-likeness (QED) is 0.310. The van der Waals surface area contributed by atoms with Crippen LogP contribution in [0.3, 0.4) is 0 Å². The van der Waals surface area contributed by atoms with Gasteiger partial charge in [0.25, 0.3) is 0 Å². The van der Waals surface area contributed by atoms with Crippen molar-refractivity contribution in [1.29, 1.82) is 0 Å². The zero-order valence-corrected chi connectivity index (χ0v) is 5.02. The van der Waals surface area contributed by atoms with E-state index in [2.05, 4.69) is 7.85 Å². The standard InChI is InChI=1S/C5H9BO2/c6-4-1-2-5(8-4)3-7-5/h4H,1-3,6H2/t4-,5-/m1/s1. The maximum atomic E-state index is 5.44. The zero-order valence-electron chi connectivity index (χ0n) is 5.02. The maximum Gasteiger partial charge on any atom is 0.191 e. The highest BCUT2D eigenvalue weighted by Crippen LogP contribution is 2.40. The normalized spacial score (nSPS) is 52.8. The molecule has 0 unspecified atom stereocenters. The van der Waals surface area contributed by atoms with Crippen LogP contribution in [-0.4, -0.2) is 26.2 Å². The zero-order chi connectivity index (χ0) is 5.61. The van der Waals surface area contributed by atoms with E-state index in [0.717, 1.165) is 13.0 Å². The Morgan fingerprint density at radius 3 is 2.62 bits per heavy atom. The molecule has 0 N–H and O–H groups in total. The summed E-state index contributed by atoms with van der Waals surface area (Å²) in [7, 11) is 2.09. The van der Waals surface area contributed by atoms with Crippen LogP contribution < -0.4 is 0 Å². The van der Waals surface area contributed by atoms with E-state index < -0.39 is 0 Å². The molecule has 0 aromatic rings. The first-order valence-corrected chi connectivity index (χ1v) is 3.13. The van der Waals surface area contributed by atoms with Crippen LogP contribution in [-0.2, 0) is 9.47 Å². The lowest BCUT2D eigenvalue weighted by molar-refractivity contribution is -0.0106. The first kappa shape index (κ1) is 4.83. The van der Waals surface area contributed by atoms with Gasteiger partial charge in [-0.15, -0.1) is 0 Å². The predicted octanol–water partition coefficient (Wildman–Crippen LogP) is -0.518. The Bertz CT molecular complexity index is 111. The molecule has 2 aliphatic rings. The molecule has 1 spiro atoms. The topological polar surface area (TPSA) is 21.8 Å². The molecule has 0 aromatic heterocycles. The van der Waals surface area contributed by atoms with Crippen LogP contribution in [0.4, 0.5) is 0 Å². The lowest BCUT2D eigenvalue weighted by Gasteiger charge is -2.01. The summed E-state index contributed by atoms with van der Waals surface area (Å²) >= 11 is 0. The fourth-order valence-corrected chi connectivity index (χ4v) is 1.20. The smallest absolute Gasteiger partial charge is 0.191 e. The molecule has 2 aliphatic heterocycles. The second-order valence-electron chi connectivity index (χ2n) is 2.67. The summed E-state index contributed by atoms with van der Waals surface area (Å²) in [4.78, 5) is 0. The predicted molar refractivity (Wildman–Crippen MR) is 31.3 cm³/mol. The molecule has 2 saturated heterocycles. The van der Waals surface area contributed by atoms with Crippen LogP contribution >= 0.6 is 0 Å². The molecule has 0 bridgehead atoms. The summed E-state index contributed by atoms with van der Waals surface area (Å²) in [6.45, 7) is 0.831. The number of hydrogen-bond acceptors (Lipinski definition) is 2. The summed E-state index contributed by atoms with van der Waals surface area (Å²) in [5.41, 5.74) is 0. The fourth-order valence-electron chi connectivity index (χ4n) is 1.20. The summed E-state index contributed by atoms with van der Waals surface area (Å²) in [5, 5.41) is 0. The Morgan fingerprint density at radius 2 is 2.38 bits per heavy atom. The fraction of sp³-hybridized carbons (Fsp3) is 1.00. The van der Waals surface area contributed by atoms with Gasteiger partial charge in [-0.3, -0.25) is 0 Å². The van der Waals surface area contributed by atoms with Gasteiger partial charge in [0, 0.05) is 12.4 Å². The second kappa shape index (κ2) is 1.28. The van der Waals surface area contributed by atoms with E-state index in [0.29, 0.717) is 6.00 Å². The molecule has 2 fully saturated rings. The molecule has 3 heteroatoms. The molecule has 2 nitrogen and oxygen atoms in total. The molecule has 0 aromatic carbocycles. The van der Waals surface area contributed by atoms with Crippen molar-refractivity contribution < 1.29 is 9.47 Å². The van der Waals surface area contributed by atoms with Crippen molar-refractivity contribution in [3.63, 3.8) is 0 Å². The Hall–Kier alpha value is -0.0151. The summed E-state index contributed by atoms with van der Waals surface area (Å²) in [6.07, 6.45) is 2.27. The third-order valence-corrected chi connectivity index (χ3v) is 1.81. The summed E-state index contributed by atoms with van der Waals surface area (Å²) in [6, 6.07) is 0.428. The van der Waals surface area contributed by atoms with Crippen LogP contribution in [0.5, 0.6) is 0 Å². The average molecular weight is 112 g/mol. The van der Waals surface area contributed by atoms with E-state index in [1.807, 2.05) is 0 Å². The van der Waals surface area contributed by atoms with Crippen LogP contribution in [0.25, 0.3) is 0 Å². The lowest BCUT2D eigenvalue weighted by atomic mass is 9.97. The third-order valence-electron chi connectivity index (χ3n) is 1.81. The monoisotopic (exact) mass is 112 g/mol. The van der Waals surface area contributed by atoms with Crippen molar-refractivity contribution in [1.82, 2.24) is 0 Å². The minimum absolute atomic E-state index is 0.0839. The Balaban J connectivity index is 2.03. The van der Waals surface area contributed by atoms with Gasteiger partial charge in [-0.25, -0.2) is 0 Å². The molecular formula is C5H9BO2. The van der Waals surface area contributed by atoms with Crippen molar-refractivity contribution in [2.45, 2.75) is 24.6 Å². The van der Waals surface area contributed by atoms with Gasteiger partial charge in [-0.05, 0) is 6.42 Å². The Morgan fingerprint density at radius 1 is 1.62 bits per heavy atom. The molecule has 2 heterocycles. The van der Waals surface area contributed by atoms with Crippen molar-refractivity contribution in [3.8, 4) is 0 Å². The van der Waals surface area contributed by atoms with Gasteiger partial charge in [0.1, 0.15) is 14.5 Å². The molecule has 0 radical (unpaired) electrons. The van der Waals surface area contributed by atoms with Crippen molar-refractivity contribution in [2.24, 2.45) is 0 Å². The van der Waals surface area contributed by atoms with E-state index in [-0.39, 0.29) is 5.79 Å². The summed E-state index contributed by atoms with van der Waals surface area (Å²) in [5.74, 6) is -0.0839. The largest absolute Gasteiger partial charge is 0.354 e.